The zero-order chi connectivity index (χ0) is 17.7. The highest BCUT2D eigenvalue weighted by Gasteiger charge is 2.28. The van der Waals surface area contributed by atoms with E-state index in [0.717, 1.165) is 31.9 Å². The molecule has 2 rings (SSSR count). The molecular formula is C16H22ClNO5S. The minimum atomic E-state index is -3.40. The Bertz CT molecular complexity index is 654. The second kappa shape index (κ2) is 8.18. The number of nitrogens with zero attached hydrogens (tertiary/aromatic N) is 1. The van der Waals surface area contributed by atoms with Gasteiger partial charge in [0.2, 0.25) is 0 Å². The molecule has 134 valence electrons. The number of rotatable bonds is 5. The molecule has 0 radical (unpaired) electrons. The largest absolute Gasteiger partial charge is 0.415 e. The molecule has 8 heteroatoms. The van der Waals surface area contributed by atoms with Crippen LogP contribution in [0.15, 0.2) is 24.3 Å². The summed E-state index contributed by atoms with van der Waals surface area (Å²) in [5, 5.41) is 0.581. The van der Waals surface area contributed by atoms with Crippen molar-refractivity contribution in [1.29, 1.82) is 0 Å². The number of carbonyl (C=O) groups excluding carboxylic acids is 1. The normalized spacial score (nSPS) is 21.3. The van der Waals surface area contributed by atoms with E-state index in [2.05, 4.69) is 0 Å². The van der Waals surface area contributed by atoms with Gasteiger partial charge in [-0.05, 0) is 55.9 Å². The number of benzene rings is 1. The van der Waals surface area contributed by atoms with E-state index in [0.29, 0.717) is 10.8 Å². The van der Waals surface area contributed by atoms with Crippen molar-refractivity contribution in [2.24, 2.45) is 5.92 Å². The standard InChI is InChI=1S/C16H22ClNO5S/c1-18(16(19)23-15-9-5-13(17)6-10-15)14-7-3-12(4-8-14)11-22-24(2,20)21/h5-6,9-10,12,14H,3-4,7-8,11H2,1-2H3. The maximum absolute atomic E-state index is 12.2. The van der Waals surface area contributed by atoms with Gasteiger partial charge in [-0.25, -0.2) is 4.79 Å². The van der Waals surface area contributed by atoms with Crippen LogP contribution in [0.2, 0.25) is 5.02 Å². The number of amides is 1. The molecule has 0 heterocycles. The van der Waals surface area contributed by atoms with E-state index in [1.807, 2.05) is 0 Å². The maximum atomic E-state index is 12.2. The molecule has 0 N–H and O–H groups in total. The van der Waals surface area contributed by atoms with E-state index in [1.165, 1.54) is 0 Å². The topological polar surface area (TPSA) is 72.9 Å². The fourth-order valence-corrected chi connectivity index (χ4v) is 3.31. The molecule has 0 bridgehead atoms. The summed E-state index contributed by atoms with van der Waals surface area (Å²) in [4.78, 5) is 13.8. The van der Waals surface area contributed by atoms with Crippen LogP contribution in [0.3, 0.4) is 0 Å². The second-order valence-electron chi connectivity index (χ2n) is 6.10. The van der Waals surface area contributed by atoms with Gasteiger partial charge in [-0.15, -0.1) is 0 Å². The van der Waals surface area contributed by atoms with Gasteiger partial charge < -0.3 is 9.64 Å². The van der Waals surface area contributed by atoms with Crippen molar-refractivity contribution >= 4 is 27.8 Å². The van der Waals surface area contributed by atoms with Gasteiger partial charge in [-0.3, -0.25) is 4.18 Å². The van der Waals surface area contributed by atoms with E-state index >= 15 is 0 Å². The first-order valence-electron chi connectivity index (χ1n) is 7.79. The number of carbonyl (C=O) groups is 1. The van der Waals surface area contributed by atoms with Gasteiger partial charge in [0.1, 0.15) is 5.75 Å². The molecule has 1 aliphatic carbocycles. The van der Waals surface area contributed by atoms with Crippen LogP contribution in [-0.4, -0.2) is 45.4 Å². The van der Waals surface area contributed by atoms with E-state index in [4.69, 9.17) is 20.5 Å². The van der Waals surface area contributed by atoms with Gasteiger partial charge in [0, 0.05) is 18.1 Å². The lowest BCUT2D eigenvalue weighted by atomic mass is 9.86. The van der Waals surface area contributed by atoms with Gasteiger partial charge in [-0.2, -0.15) is 8.42 Å². The molecule has 1 fully saturated rings. The molecule has 0 aromatic heterocycles. The summed E-state index contributed by atoms with van der Waals surface area (Å²) < 4.78 is 32.2. The molecule has 0 saturated heterocycles. The molecule has 1 aliphatic rings. The smallest absolute Gasteiger partial charge is 0.410 e. The molecule has 1 saturated carbocycles. The summed E-state index contributed by atoms with van der Waals surface area (Å²) >= 11 is 5.80. The summed E-state index contributed by atoms with van der Waals surface area (Å²) in [5.74, 6) is 0.656. The minimum absolute atomic E-state index is 0.0827. The Labute approximate surface area is 147 Å². The summed E-state index contributed by atoms with van der Waals surface area (Å²) in [5.41, 5.74) is 0. The first kappa shape index (κ1) is 19.0. The monoisotopic (exact) mass is 375 g/mol. The van der Waals surface area contributed by atoms with Crippen molar-refractivity contribution in [3.8, 4) is 5.75 Å². The number of hydrogen-bond donors (Lipinski definition) is 0. The molecule has 0 unspecified atom stereocenters. The Morgan fingerprint density at radius 1 is 1.21 bits per heavy atom. The number of ether oxygens (including phenoxy) is 1. The average molecular weight is 376 g/mol. The van der Waals surface area contributed by atoms with Crippen molar-refractivity contribution in [2.75, 3.05) is 19.9 Å². The Morgan fingerprint density at radius 3 is 2.33 bits per heavy atom. The predicted molar refractivity (Wildman–Crippen MR) is 91.8 cm³/mol. The van der Waals surface area contributed by atoms with Gasteiger partial charge in [0.05, 0.1) is 12.9 Å². The van der Waals surface area contributed by atoms with Crippen molar-refractivity contribution in [2.45, 2.75) is 31.7 Å². The van der Waals surface area contributed by atoms with Crippen LogP contribution in [0.1, 0.15) is 25.7 Å². The maximum Gasteiger partial charge on any atom is 0.415 e. The second-order valence-corrected chi connectivity index (χ2v) is 8.18. The SMILES string of the molecule is CN(C(=O)Oc1ccc(Cl)cc1)C1CCC(COS(C)(=O)=O)CC1. The molecule has 6 nitrogen and oxygen atoms in total. The fourth-order valence-electron chi connectivity index (χ4n) is 2.74. The summed E-state index contributed by atoms with van der Waals surface area (Å²) in [7, 11) is -1.68. The molecule has 1 amide bonds. The first-order valence-corrected chi connectivity index (χ1v) is 9.98. The van der Waals surface area contributed by atoms with E-state index in [-0.39, 0.29) is 18.6 Å². The minimum Gasteiger partial charge on any atom is -0.410 e. The van der Waals surface area contributed by atoms with Gasteiger partial charge >= 0.3 is 6.09 Å². The highest BCUT2D eigenvalue weighted by Crippen LogP contribution is 2.28. The lowest BCUT2D eigenvalue weighted by Crippen LogP contribution is -2.41. The van der Waals surface area contributed by atoms with Crippen molar-refractivity contribution in [3.63, 3.8) is 0 Å². The Hall–Kier alpha value is -1.31. The van der Waals surface area contributed by atoms with Crippen LogP contribution in [0.25, 0.3) is 0 Å². The van der Waals surface area contributed by atoms with Crippen molar-refractivity contribution in [3.05, 3.63) is 29.3 Å². The summed E-state index contributed by atoms with van der Waals surface area (Å²) in [6.45, 7) is 0.213. The first-order chi connectivity index (χ1) is 11.2. The molecule has 0 spiro atoms. The van der Waals surface area contributed by atoms with E-state index in [9.17, 15) is 13.2 Å². The third-order valence-corrected chi connectivity index (χ3v) is 5.00. The van der Waals surface area contributed by atoms with E-state index < -0.39 is 16.2 Å². The predicted octanol–water partition coefficient (Wildman–Crippen LogP) is 3.31. The summed E-state index contributed by atoms with van der Waals surface area (Å²) in [6.07, 6.45) is 3.87. The average Bonchev–Trinajstić information content (AvgIpc) is 2.54. The lowest BCUT2D eigenvalue weighted by molar-refractivity contribution is 0.116. The van der Waals surface area contributed by atoms with Crippen LogP contribution in [0.5, 0.6) is 5.75 Å². The number of halogens is 1. The molecular weight excluding hydrogens is 354 g/mol. The Morgan fingerprint density at radius 2 is 1.79 bits per heavy atom. The zero-order valence-corrected chi connectivity index (χ0v) is 15.3. The Kier molecular flexibility index (Phi) is 6.48. The lowest BCUT2D eigenvalue weighted by Gasteiger charge is -2.33. The third kappa shape index (κ3) is 5.96. The molecule has 0 aliphatic heterocycles. The van der Waals surface area contributed by atoms with Crippen molar-refractivity contribution in [1.82, 2.24) is 4.90 Å². The third-order valence-electron chi connectivity index (χ3n) is 4.19. The zero-order valence-electron chi connectivity index (χ0n) is 13.8. The number of hydrogen-bond acceptors (Lipinski definition) is 5. The van der Waals surface area contributed by atoms with Gasteiger partial charge in [-0.1, -0.05) is 11.6 Å². The molecule has 24 heavy (non-hydrogen) atoms. The molecule has 1 aromatic rings. The highest BCUT2D eigenvalue weighted by molar-refractivity contribution is 7.85. The quantitative estimate of drug-likeness (QED) is 0.738. The molecule has 0 atom stereocenters. The van der Waals surface area contributed by atoms with Crippen LogP contribution in [0.4, 0.5) is 4.79 Å². The van der Waals surface area contributed by atoms with Crippen LogP contribution >= 0.6 is 11.6 Å². The van der Waals surface area contributed by atoms with Crippen LogP contribution in [0, 0.1) is 5.92 Å². The molecule has 1 aromatic carbocycles. The highest BCUT2D eigenvalue weighted by atomic mass is 35.5. The van der Waals surface area contributed by atoms with E-state index in [1.54, 1.807) is 36.2 Å². The summed E-state index contributed by atoms with van der Waals surface area (Å²) in [6, 6.07) is 6.70. The van der Waals surface area contributed by atoms with Crippen molar-refractivity contribution < 1.29 is 22.1 Å². The van der Waals surface area contributed by atoms with Gasteiger partial charge in [0.15, 0.2) is 0 Å². The van der Waals surface area contributed by atoms with Crippen LogP contribution in [-0.2, 0) is 14.3 Å². The van der Waals surface area contributed by atoms with Crippen LogP contribution < -0.4 is 4.74 Å². The van der Waals surface area contributed by atoms with Gasteiger partial charge in [0.25, 0.3) is 10.1 Å². The fraction of sp³-hybridized carbons (Fsp3) is 0.562. The Balaban J connectivity index is 1.80.